The van der Waals surface area contributed by atoms with E-state index in [9.17, 15) is 10.1 Å². The summed E-state index contributed by atoms with van der Waals surface area (Å²) in [6, 6.07) is 4.77. The van der Waals surface area contributed by atoms with E-state index in [2.05, 4.69) is 22.5 Å². The van der Waals surface area contributed by atoms with Gasteiger partial charge in [0.2, 0.25) is 0 Å². The monoisotopic (exact) mass is 284 g/mol. The van der Waals surface area contributed by atoms with Gasteiger partial charge in [0.25, 0.3) is 5.69 Å². The summed E-state index contributed by atoms with van der Waals surface area (Å²) in [5.41, 5.74) is 6.74. The van der Waals surface area contributed by atoms with E-state index in [0.29, 0.717) is 4.47 Å². The summed E-state index contributed by atoms with van der Waals surface area (Å²) in [6.07, 6.45) is 3.32. The molecule has 1 atom stereocenters. The maximum absolute atomic E-state index is 10.7. The summed E-state index contributed by atoms with van der Waals surface area (Å²) in [5.74, 6) is 0. The third-order valence-electron chi connectivity index (χ3n) is 2.28. The molecule has 0 spiro atoms. The van der Waals surface area contributed by atoms with Crippen molar-refractivity contribution in [3.8, 4) is 0 Å². The quantitative estimate of drug-likeness (QED) is 0.512. The van der Waals surface area contributed by atoms with Crippen LogP contribution in [0, 0.1) is 10.1 Å². The molecule has 0 saturated heterocycles. The van der Waals surface area contributed by atoms with Crippen LogP contribution in [0.5, 0.6) is 0 Å². The van der Waals surface area contributed by atoms with Crippen LogP contribution in [-0.2, 0) is 0 Å². The summed E-state index contributed by atoms with van der Waals surface area (Å²) < 4.78 is 0.470. The Morgan fingerprint density at radius 2 is 2.31 bits per heavy atom. The Morgan fingerprint density at radius 3 is 2.88 bits per heavy atom. The number of allylic oxidation sites excluding steroid dienone is 1. The van der Waals surface area contributed by atoms with E-state index >= 15 is 0 Å². The molecule has 0 heterocycles. The van der Waals surface area contributed by atoms with Crippen molar-refractivity contribution in [1.82, 2.24) is 0 Å². The SMILES string of the molecule is C=CCC[C@H](N)c1ccc(Br)c([N+](=O)[O-])c1. The Balaban J connectivity index is 2.93. The molecule has 4 nitrogen and oxygen atoms in total. The highest BCUT2D eigenvalue weighted by atomic mass is 79.9. The molecule has 0 amide bonds. The third-order valence-corrected chi connectivity index (χ3v) is 2.95. The number of halogens is 1. The van der Waals surface area contributed by atoms with E-state index in [1.165, 1.54) is 6.07 Å². The van der Waals surface area contributed by atoms with E-state index in [0.717, 1.165) is 18.4 Å². The summed E-state index contributed by atoms with van der Waals surface area (Å²) in [6.45, 7) is 3.61. The van der Waals surface area contributed by atoms with E-state index in [-0.39, 0.29) is 11.7 Å². The summed E-state index contributed by atoms with van der Waals surface area (Å²) in [5, 5.41) is 10.7. The second kappa shape index (κ2) is 5.77. The Labute approximate surface area is 102 Å². The zero-order chi connectivity index (χ0) is 12.1. The first-order valence-electron chi connectivity index (χ1n) is 4.86. The molecule has 2 N–H and O–H groups in total. The van der Waals surface area contributed by atoms with Gasteiger partial charge in [-0.25, -0.2) is 0 Å². The molecule has 0 aliphatic carbocycles. The van der Waals surface area contributed by atoms with Gasteiger partial charge in [-0.2, -0.15) is 0 Å². The molecule has 1 aromatic rings. The maximum Gasteiger partial charge on any atom is 0.283 e. The van der Waals surface area contributed by atoms with Gasteiger partial charge in [-0.05, 0) is 40.4 Å². The van der Waals surface area contributed by atoms with Crippen LogP contribution in [0.2, 0.25) is 0 Å². The lowest BCUT2D eigenvalue weighted by Gasteiger charge is -2.10. The first kappa shape index (κ1) is 12.9. The predicted octanol–water partition coefficient (Wildman–Crippen LogP) is 3.32. The topological polar surface area (TPSA) is 69.2 Å². The molecule has 0 saturated carbocycles. The van der Waals surface area contributed by atoms with Crippen molar-refractivity contribution in [2.24, 2.45) is 5.73 Å². The minimum Gasteiger partial charge on any atom is -0.324 e. The molecule has 1 aromatic carbocycles. The second-order valence-electron chi connectivity index (χ2n) is 3.44. The minimum absolute atomic E-state index is 0.0477. The van der Waals surface area contributed by atoms with Crippen LogP contribution in [0.4, 0.5) is 5.69 Å². The van der Waals surface area contributed by atoms with Crippen molar-refractivity contribution in [2.45, 2.75) is 18.9 Å². The Morgan fingerprint density at radius 1 is 1.62 bits per heavy atom. The molecule has 5 heteroatoms. The number of hydrogen-bond donors (Lipinski definition) is 1. The van der Waals surface area contributed by atoms with Crippen LogP contribution >= 0.6 is 15.9 Å². The molecular formula is C11H13BrN2O2. The van der Waals surface area contributed by atoms with E-state index in [4.69, 9.17) is 5.73 Å². The fraction of sp³-hybridized carbons (Fsp3) is 0.273. The highest BCUT2D eigenvalue weighted by molar-refractivity contribution is 9.10. The minimum atomic E-state index is -0.423. The molecule has 0 aliphatic heterocycles. The molecule has 0 bridgehead atoms. The summed E-state index contributed by atoms with van der Waals surface area (Å²) in [7, 11) is 0. The van der Waals surface area contributed by atoms with E-state index < -0.39 is 4.92 Å². The number of nitrogens with two attached hydrogens (primary N) is 1. The second-order valence-corrected chi connectivity index (χ2v) is 4.29. The normalized spacial score (nSPS) is 12.1. The maximum atomic E-state index is 10.7. The first-order chi connectivity index (χ1) is 7.56. The smallest absolute Gasteiger partial charge is 0.283 e. The highest BCUT2D eigenvalue weighted by Gasteiger charge is 2.15. The van der Waals surface area contributed by atoms with Gasteiger partial charge in [-0.15, -0.1) is 6.58 Å². The summed E-state index contributed by atoms with van der Waals surface area (Å²) >= 11 is 3.13. The molecule has 0 unspecified atom stereocenters. The largest absolute Gasteiger partial charge is 0.324 e. The molecule has 86 valence electrons. The van der Waals surface area contributed by atoms with Gasteiger partial charge in [0, 0.05) is 12.1 Å². The number of nitro groups is 1. The molecule has 1 rings (SSSR count). The Hall–Kier alpha value is -1.20. The number of hydrogen-bond acceptors (Lipinski definition) is 3. The zero-order valence-corrected chi connectivity index (χ0v) is 10.3. The van der Waals surface area contributed by atoms with Crippen molar-refractivity contribution in [2.75, 3.05) is 0 Å². The number of benzene rings is 1. The fourth-order valence-corrected chi connectivity index (χ4v) is 1.76. The molecule has 0 aromatic heterocycles. The lowest BCUT2D eigenvalue weighted by molar-refractivity contribution is -0.385. The summed E-state index contributed by atoms with van der Waals surface area (Å²) in [4.78, 5) is 10.3. The molecule has 0 radical (unpaired) electrons. The number of nitrogens with zero attached hydrogens (tertiary/aromatic N) is 1. The predicted molar refractivity (Wildman–Crippen MR) is 67.2 cm³/mol. The number of nitro benzene ring substituents is 1. The van der Waals surface area contributed by atoms with E-state index in [1.807, 2.05) is 0 Å². The van der Waals surface area contributed by atoms with Crippen LogP contribution in [-0.4, -0.2) is 4.92 Å². The van der Waals surface area contributed by atoms with E-state index in [1.54, 1.807) is 18.2 Å². The highest BCUT2D eigenvalue weighted by Crippen LogP contribution is 2.28. The molecule has 16 heavy (non-hydrogen) atoms. The average molecular weight is 285 g/mol. The molecule has 0 aliphatic rings. The standard InChI is InChI=1S/C11H13BrN2O2/c1-2-3-4-10(13)8-5-6-9(12)11(7-8)14(15)16/h2,5-7,10H,1,3-4,13H2/t10-/m0/s1. The van der Waals surface area contributed by atoms with Gasteiger partial charge < -0.3 is 5.73 Å². The first-order valence-corrected chi connectivity index (χ1v) is 5.66. The van der Waals surface area contributed by atoms with Gasteiger partial charge in [0.15, 0.2) is 0 Å². The number of rotatable bonds is 5. The van der Waals surface area contributed by atoms with Crippen LogP contribution in [0.25, 0.3) is 0 Å². The van der Waals surface area contributed by atoms with Gasteiger partial charge >= 0.3 is 0 Å². The van der Waals surface area contributed by atoms with Crippen molar-refractivity contribution < 1.29 is 4.92 Å². The molecular weight excluding hydrogens is 272 g/mol. The molecule has 0 fully saturated rings. The van der Waals surface area contributed by atoms with Crippen molar-refractivity contribution in [3.05, 3.63) is 51.0 Å². The van der Waals surface area contributed by atoms with Gasteiger partial charge in [-0.1, -0.05) is 12.1 Å². The zero-order valence-electron chi connectivity index (χ0n) is 8.73. The Bertz CT molecular complexity index is 407. The van der Waals surface area contributed by atoms with Crippen LogP contribution < -0.4 is 5.73 Å². The van der Waals surface area contributed by atoms with Crippen LogP contribution in [0.3, 0.4) is 0 Å². The third kappa shape index (κ3) is 3.15. The Kier molecular flexibility index (Phi) is 4.64. The average Bonchev–Trinajstić information content (AvgIpc) is 2.26. The van der Waals surface area contributed by atoms with Crippen LogP contribution in [0.1, 0.15) is 24.4 Å². The lowest BCUT2D eigenvalue weighted by Crippen LogP contribution is -2.10. The van der Waals surface area contributed by atoms with Crippen molar-refractivity contribution >= 4 is 21.6 Å². The van der Waals surface area contributed by atoms with Crippen LogP contribution in [0.15, 0.2) is 35.3 Å². The van der Waals surface area contributed by atoms with Gasteiger partial charge in [-0.3, -0.25) is 10.1 Å². The van der Waals surface area contributed by atoms with Crippen molar-refractivity contribution in [3.63, 3.8) is 0 Å². The van der Waals surface area contributed by atoms with Gasteiger partial charge in [0.05, 0.1) is 9.40 Å². The van der Waals surface area contributed by atoms with Crippen molar-refractivity contribution in [1.29, 1.82) is 0 Å². The lowest BCUT2D eigenvalue weighted by atomic mass is 10.0. The van der Waals surface area contributed by atoms with Gasteiger partial charge in [0.1, 0.15) is 0 Å². The fourth-order valence-electron chi connectivity index (χ4n) is 1.36.